The molecule has 0 aromatic heterocycles. The summed E-state index contributed by atoms with van der Waals surface area (Å²) >= 11 is 0. The number of likely N-dealkylation sites (tertiary alicyclic amines) is 1. The number of fused-ring (bicyclic) bond motifs is 1. The molecule has 1 saturated heterocycles. The molecule has 0 bridgehead atoms. The third-order valence-electron chi connectivity index (χ3n) is 7.56. The van der Waals surface area contributed by atoms with Crippen LogP contribution >= 0.6 is 0 Å². The molecule has 4 aromatic rings. The fraction of sp³-hybridized carbons (Fsp3) is 0.265. The van der Waals surface area contributed by atoms with Gasteiger partial charge in [-0.25, -0.2) is 0 Å². The molecule has 41 heavy (non-hydrogen) atoms. The van der Waals surface area contributed by atoms with Crippen LogP contribution in [0.25, 0.3) is 0 Å². The summed E-state index contributed by atoms with van der Waals surface area (Å²) in [6, 6.07) is 34.3. The van der Waals surface area contributed by atoms with Crippen LogP contribution in [-0.2, 0) is 24.3 Å². The van der Waals surface area contributed by atoms with E-state index in [0.717, 1.165) is 60.1 Å². The molecule has 1 amide bonds. The summed E-state index contributed by atoms with van der Waals surface area (Å²) in [6.07, 6.45) is 1.49. The van der Waals surface area contributed by atoms with Gasteiger partial charge in [-0.1, -0.05) is 66.7 Å². The van der Waals surface area contributed by atoms with Crippen molar-refractivity contribution in [3.05, 3.63) is 120 Å². The average molecular weight is 550 g/mol. The summed E-state index contributed by atoms with van der Waals surface area (Å²) in [5.74, 6) is 3.24. The lowest BCUT2D eigenvalue weighted by molar-refractivity contribution is -0.125. The first kappa shape index (κ1) is 26.9. The third-order valence-corrected chi connectivity index (χ3v) is 7.56. The average Bonchev–Trinajstić information content (AvgIpc) is 3.64. The van der Waals surface area contributed by atoms with Gasteiger partial charge in [-0.3, -0.25) is 9.69 Å². The van der Waals surface area contributed by atoms with Crippen molar-refractivity contribution in [3.8, 4) is 23.0 Å². The maximum atomic E-state index is 13.4. The van der Waals surface area contributed by atoms with E-state index in [9.17, 15) is 4.79 Å². The molecule has 2 N–H and O–H groups in total. The van der Waals surface area contributed by atoms with Gasteiger partial charge in [-0.15, -0.1) is 0 Å². The second kappa shape index (κ2) is 12.9. The molecule has 7 nitrogen and oxygen atoms in total. The SMILES string of the molecule is O=C(NCCc1ccc2c(c1)OCO2)[C@@H]1C[C@@H](NCc2cccc(Oc3ccccc3)c2)CN1Cc1ccccc1. The lowest BCUT2D eigenvalue weighted by atomic mass is 10.1. The van der Waals surface area contributed by atoms with Crippen molar-refractivity contribution < 1.29 is 19.0 Å². The number of benzene rings is 4. The first-order valence-corrected chi connectivity index (χ1v) is 14.2. The number of amides is 1. The van der Waals surface area contributed by atoms with Crippen molar-refractivity contribution in [1.82, 2.24) is 15.5 Å². The van der Waals surface area contributed by atoms with Crippen LogP contribution in [0, 0.1) is 0 Å². The van der Waals surface area contributed by atoms with E-state index in [4.69, 9.17) is 14.2 Å². The second-order valence-corrected chi connectivity index (χ2v) is 10.5. The lowest BCUT2D eigenvalue weighted by Crippen LogP contribution is -2.43. The van der Waals surface area contributed by atoms with Crippen LogP contribution in [0.1, 0.15) is 23.1 Å². The lowest BCUT2D eigenvalue weighted by Gasteiger charge is -2.23. The standard InChI is InChI=1S/C34H35N3O4/c38-34(35-17-16-25-14-15-32-33(19-25)40-24-39-32)31-20-28(23-37(31)22-26-8-3-1-4-9-26)36-21-27-10-7-13-30(18-27)41-29-11-5-2-6-12-29/h1-15,18-19,28,31,36H,16-17,20-24H2,(H,35,38)/t28-,31+/m1/s1. The van der Waals surface area contributed by atoms with Crippen LogP contribution in [0.2, 0.25) is 0 Å². The summed E-state index contributed by atoms with van der Waals surface area (Å²) in [4.78, 5) is 15.7. The number of ether oxygens (including phenoxy) is 3. The summed E-state index contributed by atoms with van der Waals surface area (Å²) in [5.41, 5.74) is 3.46. The van der Waals surface area contributed by atoms with Gasteiger partial charge in [0.2, 0.25) is 12.7 Å². The van der Waals surface area contributed by atoms with Gasteiger partial charge in [-0.05, 0) is 65.9 Å². The minimum absolute atomic E-state index is 0.0734. The Morgan fingerprint density at radius 2 is 1.56 bits per heavy atom. The quantitative estimate of drug-likeness (QED) is 0.265. The monoisotopic (exact) mass is 549 g/mol. The number of para-hydroxylation sites is 1. The Kier molecular flexibility index (Phi) is 8.45. The molecule has 2 heterocycles. The first-order valence-electron chi connectivity index (χ1n) is 14.2. The third kappa shape index (κ3) is 7.06. The maximum absolute atomic E-state index is 13.4. The molecule has 0 spiro atoms. The highest BCUT2D eigenvalue weighted by molar-refractivity contribution is 5.82. The highest BCUT2D eigenvalue weighted by atomic mass is 16.7. The van der Waals surface area contributed by atoms with E-state index < -0.39 is 0 Å². The van der Waals surface area contributed by atoms with Crippen LogP contribution in [0.3, 0.4) is 0 Å². The van der Waals surface area contributed by atoms with Crippen LogP contribution in [0.15, 0.2) is 103 Å². The molecule has 7 heteroatoms. The molecular weight excluding hydrogens is 514 g/mol. The van der Waals surface area contributed by atoms with Gasteiger partial charge >= 0.3 is 0 Å². The van der Waals surface area contributed by atoms with Crippen molar-refractivity contribution in [3.63, 3.8) is 0 Å². The second-order valence-electron chi connectivity index (χ2n) is 10.5. The molecular formula is C34H35N3O4. The summed E-state index contributed by atoms with van der Waals surface area (Å²) in [7, 11) is 0. The van der Waals surface area contributed by atoms with E-state index in [2.05, 4.69) is 39.8 Å². The van der Waals surface area contributed by atoms with Crippen LogP contribution < -0.4 is 24.8 Å². The zero-order chi connectivity index (χ0) is 27.9. The normalized spacial score (nSPS) is 17.9. The molecule has 6 rings (SSSR count). The van der Waals surface area contributed by atoms with Gasteiger partial charge in [0.1, 0.15) is 11.5 Å². The Bertz CT molecular complexity index is 1450. The highest BCUT2D eigenvalue weighted by Gasteiger charge is 2.36. The Balaban J connectivity index is 1.06. The van der Waals surface area contributed by atoms with E-state index in [0.29, 0.717) is 13.1 Å². The summed E-state index contributed by atoms with van der Waals surface area (Å²) in [6.45, 7) is 3.07. The Hall–Kier alpha value is -4.33. The van der Waals surface area contributed by atoms with E-state index in [-0.39, 0.29) is 24.8 Å². The van der Waals surface area contributed by atoms with E-state index in [1.807, 2.05) is 78.9 Å². The van der Waals surface area contributed by atoms with Crippen LogP contribution in [-0.4, -0.2) is 42.8 Å². The predicted octanol–water partition coefficient (Wildman–Crippen LogP) is 5.30. The fourth-order valence-corrected chi connectivity index (χ4v) is 5.47. The minimum Gasteiger partial charge on any atom is -0.457 e. The van der Waals surface area contributed by atoms with Gasteiger partial charge in [0.05, 0.1) is 6.04 Å². The molecule has 0 radical (unpaired) electrons. The number of rotatable bonds is 11. The molecule has 210 valence electrons. The van der Waals surface area contributed by atoms with Gasteiger partial charge in [-0.2, -0.15) is 0 Å². The van der Waals surface area contributed by atoms with Gasteiger partial charge < -0.3 is 24.8 Å². The largest absolute Gasteiger partial charge is 0.457 e. The van der Waals surface area contributed by atoms with Gasteiger partial charge in [0, 0.05) is 32.2 Å². The van der Waals surface area contributed by atoms with Gasteiger partial charge in [0.15, 0.2) is 11.5 Å². The zero-order valence-electron chi connectivity index (χ0n) is 23.0. The summed E-state index contributed by atoms with van der Waals surface area (Å²) < 4.78 is 16.9. The van der Waals surface area contributed by atoms with Crippen molar-refractivity contribution in [2.45, 2.75) is 38.0 Å². The van der Waals surface area contributed by atoms with E-state index in [1.165, 1.54) is 5.56 Å². The minimum atomic E-state index is -0.197. The van der Waals surface area contributed by atoms with E-state index >= 15 is 0 Å². The maximum Gasteiger partial charge on any atom is 0.237 e. The topological polar surface area (TPSA) is 72.1 Å². The molecule has 4 aromatic carbocycles. The molecule has 0 unspecified atom stereocenters. The number of nitrogens with one attached hydrogen (secondary N) is 2. The fourth-order valence-electron chi connectivity index (χ4n) is 5.47. The number of nitrogens with zero attached hydrogens (tertiary/aromatic N) is 1. The van der Waals surface area contributed by atoms with Gasteiger partial charge in [0.25, 0.3) is 0 Å². The van der Waals surface area contributed by atoms with E-state index in [1.54, 1.807) is 0 Å². The van der Waals surface area contributed by atoms with Crippen molar-refractivity contribution >= 4 is 5.91 Å². The first-order chi connectivity index (χ1) is 20.2. The number of hydrogen-bond acceptors (Lipinski definition) is 6. The molecule has 1 fully saturated rings. The predicted molar refractivity (Wildman–Crippen MR) is 158 cm³/mol. The number of carbonyl (C=O) groups excluding carboxylic acids is 1. The molecule has 2 aliphatic rings. The molecule has 2 aliphatic heterocycles. The Labute approximate surface area is 241 Å². The Morgan fingerprint density at radius 3 is 2.41 bits per heavy atom. The summed E-state index contributed by atoms with van der Waals surface area (Å²) in [5, 5.41) is 6.88. The van der Waals surface area contributed by atoms with Crippen molar-refractivity contribution in [2.24, 2.45) is 0 Å². The molecule has 0 saturated carbocycles. The zero-order valence-corrected chi connectivity index (χ0v) is 23.0. The molecule has 2 atom stereocenters. The van der Waals surface area contributed by atoms with Crippen molar-refractivity contribution in [1.29, 1.82) is 0 Å². The number of carbonyl (C=O) groups is 1. The molecule has 0 aliphatic carbocycles. The van der Waals surface area contributed by atoms with Crippen LogP contribution in [0.5, 0.6) is 23.0 Å². The van der Waals surface area contributed by atoms with Crippen molar-refractivity contribution in [2.75, 3.05) is 19.9 Å². The number of hydrogen-bond donors (Lipinski definition) is 2. The highest BCUT2D eigenvalue weighted by Crippen LogP contribution is 2.32. The van der Waals surface area contributed by atoms with Crippen LogP contribution in [0.4, 0.5) is 0 Å². The smallest absolute Gasteiger partial charge is 0.237 e. The Morgan fingerprint density at radius 1 is 0.805 bits per heavy atom.